The topological polar surface area (TPSA) is 40.5 Å². The Morgan fingerprint density at radius 1 is 1.38 bits per heavy atom. The van der Waals surface area contributed by atoms with E-state index >= 15 is 0 Å². The van der Waals surface area contributed by atoms with Gasteiger partial charge >= 0.3 is 12.1 Å². The predicted molar refractivity (Wildman–Crippen MR) is 52.1 cm³/mol. The van der Waals surface area contributed by atoms with Gasteiger partial charge in [-0.05, 0) is 25.8 Å². The lowest BCUT2D eigenvalue weighted by atomic mass is 9.98. The molecule has 3 nitrogen and oxygen atoms in total. The number of piperidine rings is 1. The first-order valence-electron chi connectivity index (χ1n) is 5.41. The fourth-order valence-electron chi connectivity index (χ4n) is 2.12. The van der Waals surface area contributed by atoms with Crippen molar-refractivity contribution in [2.24, 2.45) is 0 Å². The van der Waals surface area contributed by atoms with Gasteiger partial charge in [0.05, 0.1) is 6.54 Å². The van der Waals surface area contributed by atoms with E-state index in [-0.39, 0.29) is 12.5 Å². The maximum absolute atomic E-state index is 12.3. The summed E-state index contributed by atoms with van der Waals surface area (Å²) >= 11 is 0. The molecule has 16 heavy (non-hydrogen) atoms. The van der Waals surface area contributed by atoms with Crippen LogP contribution in [0.3, 0.4) is 0 Å². The Morgan fingerprint density at radius 3 is 2.62 bits per heavy atom. The Kier molecular flexibility index (Phi) is 4.58. The van der Waals surface area contributed by atoms with Crippen molar-refractivity contribution in [2.75, 3.05) is 13.1 Å². The molecule has 0 radical (unpaired) electrons. The molecule has 0 bridgehead atoms. The van der Waals surface area contributed by atoms with E-state index in [0.717, 1.165) is 12.8 Å². The summed E-state index contributed by atoms with van der Waals surface area (Å²) in [5.41, 5.74) is 0. The SMILES string of the molecule is O=C(O)CCC1CCCCN1CC(F)(F)F. The summed E-state index contributed by atoms with van der Waals surface area (Å²) in [7, 11) is 0. The van der Waals surface area contributed by atoms with Gasteiger partial charge in [0.25, 0.3) is 0 Å². The van der Waals surface area contributed by atoms with Crippen LogP contribution in [0.5, 0.6) is 0 Å². The van der Waals surface area contributed by atoms with Crippen LogP contribution in [0, 0.1) is 0 Å². The smallest absolute Gasteiger partial charge is 0.401 e. The minimum Gasteiger partial charge on any atom is -0.481 e. The average molecular weight is 239 g/mol. The van der Waals surface area contributed by atoms with E-state index in [1.165, 1.54) is 4.90 Å². The highest BCUT2D eigenvalue weighted by molar-refractivity contribution is 5.66. The number of carbonyl (C=O) groups is 1. The molecule has 1 fully saturated rings. The first-order valence-corrected chi connectivity index (χ1v) is 5.41. The van der Waals surface area contributed by atoms with Crippen LogP contribution in [0.4, 0.5) is 13.2 Å². The maximum Gasteiger partial charge on any atom is 0.401 e. The lowest BCUT2D eigenvalue weighted by Gasteiger charge is -2.35. The molecule has 1 rings (SSSR count). The molecule has 0 aliphatic carbocycles. The normalized spacial score (nSPS) is 23.3. The largest absolute Gasteiger partial charge is 0.481 e. The summed E-state index contributed by atoms with van der Waals surface area (Å²) in [5, 5.41) is 8.52. The quantitative estimate of drug-likeness (QED) is 0.818. The number of hydrogen-bond acceptors (Lipinski definition) is 2. The standard InChI is InChI=1S/C10H16F3NO2/c11-10(12,13)7-14-6-2-1-3-8(14)4-5-9(15)16/h8H,1-7H2,(H,15,16). The summed E-state index contributed by atoms with van der Waals surface area (Å²) < 4.78 is 36.8. The van der Waals surface area contributed by atoms with Gasteiger partial charge < -0.3 is 5.11 Å². The first kappa shape index (κ1) is 13.3. The molecular weight excluding hydrogens is 223 g/mol. The Morgan fingerprint density at radius 2 is 2.06 bits per heavy atom. The van der Waals surface area contributed by atoms with Gasteiger partial charge in [-0.15, -0.1) is 0 Å². The zero-order valence-corrected chi connectivity index (χ0v) is 8.96. The molecule has 1 atom stereocenters. The van der Waals surface area contributed by atoms with Crippen LogP contribution in [-0.2, 0) is 4.79 Å². The van der Waals surface area contributed by atoms with E-state index in [1.807, 2.05) is 0 Å². The summed E-state index contributed by atoms with van der Waals surface area (Å²) in [5.74, 6) is -0.947. The van der Waals surface area contributed by atoms with E-state index in [9.17, 15) is 18.0 Å². The molecule has 1 heterocycles. The van der Waals surface area contributed by atoms with E-state index in [4.69, 9.17) is 5.11 Å². The van der Waals surface area contributed by atoms with Crippen molar-refractivity contribution in [2.45, 2.75) is 44.3 Å². The number of carboxylic acid groups (broad SMARTS) is 1. The van der Waals surface area contributed by atoms with Crippen molar-refractivity contribution in [1.82, 2.24) is 4.90 Å². The third-order valence-electron chi connectivity index (χ3n) is 2.82. The molecule has 6 heteroatoms. The van der Waals surface area contributed by atoms with E-state index in [2.05, 4.69) is 0 Å². The van der Waals surface area contributed by atoms with Crippen LogP contribution in [0.25, 0.3) is 0 Å². The number of likely N-dealkylation sites (tertiary alicyclic amines) is 1. The highest BCUT2D eigenvalue weighted by atomic mass is 19.4. The molecule has 94 valence electrons. The molecule has 0 aromatic rings. The Balaban J connectivity index is 2.47. The number of hydrogen-bond donors (Lipinski definition) is 1. The molecular formula is C10H16F3NO2. The molecule has 1 unspecified atom stereocenters. The number of aliphatic carboxylic acids is 1. The number of rotatable bonds is 4. The van der Waals surface area contributed by atoms with Crippen molar-refractivity contribution < 1.29 is 23.1 Å². The Hall–Kier alpha value is -0.780. The molecule has 1 aliphatic heterocycles. The summed E-state index contributed by atoms with van der Waals surface area (Å²) in [6, 6.07) is -0.230. The monoisotopic (exact) mass is 239 g/mol. The van der Waals surface area contributed by atoms with Crippen molar-refractivity contribution in [3.63, 3.8) is 0 Å². The van der Waals surface area contributed by atoms with Crippen LogP contribution in [0.15, 0.2) is 0 Å². The highest BCUT2D eigenvalue weighted by Crippen LogP contribution is 2.25. The van der Waals surface area contributed by atoms with Crippen LogP contribution in [0.1, 0.15) is 32.1 Å². The summed E-state index contributed by atoms with van der Waals surface area (Å²) in [6.07, 6.45) is -1.62. The van der Waals surface area contributed by atoms with Crippen LogP contribution >= 0.6 is 0 Å². The Labute approximate surface area is 92.2 Å². The molecule has 0 aromatic heterocycles. The number of halogens is 3. The average Bonchev–Trinajstić information content (AvgIpc) is 2.14. The molecule has 1 aliphatic rings. The third kappa shape index (κ3) is 4.83. The van der Waals surface area contributed by atoms with Gasteiger partial charge in [-0.25, -0.2) is 0 Å². The lowest BCUT2D eigenvalue weighted by Crippen LogP contribution is -2.44. The number of alkyl halides is 3. The minimum atomic E-state index is -4.20. The third-order valence-corrected chi connectivity index (χ3v) is 2.82. The summed E-state index contributed by atoms with van der Waals surface area (Å²) in [6.45, 7) is -0.499. The second-order valence-corrected chi connectivity index (χ2v) is 4.17. The second-order valence-electron chi connectivity index (χ2n) is 4.17. The fourth-order valence-corrected chi connectivity index (χ4v) is 2.12. The van der Waals surface area contributed by atoms with Gasteiger partial charge in [-0.3, -0.25) is 9.69 Å². The molecule has 0 amide bonds. The second kappa shape index (κ2) is 5.52. The van der Waals surface area contributed by atoms with Gasteiger partial charge in [-0.2, -0.15) is 13.2 Å². The van der Waals surface area contributed by atoms with Crippen LogP contribution in [-0.4, -0.2) is 41.3 Å². The Bertz CT molecular complexity index is 243. The fraction of sp³-hybridized carbons (Fsp3) is 0.900. The van der Waals surface area contributed by atoms with E-state index in [1.54, 1.807) is 0 Å². The molecule has 1 N–H and O–H groups in total. The van der Waals surface area contributed by atoms with Gasteiger partial charge in [0.2, 0.25) is 0 Å². The van der Waals surface area contributed by atoms with Crippen LogP contribution in [0.2, 0.25) is 0 Å². The highest BCUT2D eigenvalue weighted by Gasteiger charge is 2.34. The van der Waals surface area contributed by atoms with Gasteiger partial charge in [0.1, 0.15) is 0 Å². The van der Waals surface area contributed by atoms with E-state index in [0.29, 0.717) is 19.4 Å². The lowest BCUT2D eigenvalue weighted by molar-refractivity contribution is -0.154. The summed E-state index contributed by atoms with van der Waals surface area (Å²) in [4.78, 5) is 11.8. The van der Waals surface area contributed by atoms with Crippen molar-refractivity contribution >= 4 is 5.97 Å². The maximum atomic E-state index is 12.3. The molecule has 0 aromatic carbocycles. The predicted octanol–water partition coefficient (Wildman–Crippen LogP) is 2.27. The van der Waals surface area contributed by atoms with Gasteiger partial charge in [0.15, 0.2) is 0 Å². The molecule has 1 saturated heterocycles. The van der Waals surface area contributed by atoms with Gasteiger partial charge in [-0.1, -0.05) is 6.42 Å². The van der Waals surface area contributed by atoms with Crippen molar-refractivity contribution in [1.29, 1.82) is 0 Å². The van der Waals surface area contributed by atoms with Crippen molar-refractivity contribution in [3.05, 3.63) is 0 Å². The first-order chi connectivity index (χ1) is 7.38. The van der Waals surface area contributed by atoms with Crippen LogP contribution < -0.4 is 0 Å². The number of carboxylic acids is 1. The molecule has 0 spiro atoms. The zero-order valence-electron chi connectivity index (χ0n) is 8.96. The number of nitrogens with zero attached hydrogens (tertiary/aromatic N) is 1. The van der Waals surface area contributed by atoms with Gasteiger partial charge in [0, 0.05) is 12.5 Å². The van der Waals surface area contributed by atoms with E-state index < -0.39 is 18.7 Å². The molecule has 0 saturated carbocycles. The van der Waals surface area contributed by atoms with Crippen molar-refractivity contribution in [3.8, 4) is 0 Å². The zero-order chi connectivity index (χ0) is 12.2. The minimum absolute atomic E-state index is 0.0565.